The van der Waals surface area contributed by atoms with Crippen LogP contribution in [-0.2, 0) is 0 Å². The summed E-state index contributed by atoms with van der Waals surface area (Å²) in [7, 11) is 0. The Morgan fingerprint density at radius 2 is 0.719 bits per heavy atom. The molecule has 3 heteroatoms. The molecule has 3 aromatic heterocycles. The third-order valence-electron chi connectivity index (χ3n) is 11.7. The molecule has 0 bridgehead atoms. The Hall–Kier alpha value is -7.62. The summed E-state index contributed by atoms with van der Waals surface area (Å²) in [6, 6.07) is 74.5. The zero-order valence-electron chi connectivity index (χ0n) is 30.9. The molecule has 9 aromatic carbocycles. The van der Waals surface area contributed by atoms with Gasteiger partial charge in [0.25, 0.3) is 0 Å². The largest absolute Gasteiger partial charge is 0.456 e. The fourth-order valence-electron chi connectivity index (χ4n) is 9.10. The predicted octanol–water partition coefficient (Wildman–Crippen LogP) is 14.8. The number of fused-ring (bicyclic) bond motifs is 9. The molecule has 0 aliphatic carbocycles. The number of furan rings is 1. The Bertz CT molecular complexity index is 3440. The second kappa shape index (κ2) is 12.5. The lowest BCUT2D eigenvalue weighted by atomic mass is 9.92. The summed E-state index contributed by atoms with van der Waals surface area (Å²) in [6.45, 7) is 0. The van der Waals surface area contributed by atoms with E-state index in [1.165, 1.54) is 66.0 Å². The highest BCUT2D eigenvalue weighted by molar-refractivity contribution is 6.15. The molecule has 0 saturated carbocycles. The minimum absolute atomic E-state index is 0.872. The summed E-state index contributed by atoms with van der Waals surface area (Å²) in [5.74, 6) is 0. The minimum atomic E-state index is 0.872. The van der Waals surface area contributed by atoms with Gasteiger partial charge in [0, 0.05) is 43.7 Å². The maximum atomic E-state index is 6.53. The molecule has 0 saturated heterocycles. The molecule has 0 amide bonds. The topological polar surface area (TPSA) is 23.0 Å². The van der Waals surface area contributed by atoms with Crippen LogP contribution in [0.3, 0.4) is 0 Å². The van der Waals surface area contributed by atoms with E-state index in [-0.39, 0.29) is 0 Å². The molecule has 0 N–H and O–H groups in total. The first kappa shape index (κ1) is 31.7. The molecule has 0 atom stereocenters. The number of aromatic nitrogens is 2. The van der Waals surface area contributed by atoms with E-state index in [2.05, 4.69) is 215 Å². The smallest absolute Gasteiger partial charge is 0.135 e. The standard InChI is InChI=1S/C54H34N2O/c1-4-14-35(15-5-1)38-24-27-51-45(30-38)46-33-43(36-16-6-2-7-17-36)44(37-18-8-3-9-19-37)34-52(46)56(51)40-26-29-54-48(32-40)47-31-39(25-28-53(47)57-54)55-49-22-12-10-20-41(49)42-21-11-13-23-50(42)55/h1-34H. The van der Waals surface area contributed by atoms with Gasteiger partial charge < -0.3 is 13.6 Å². The molecule has 266 valence electrons. The second-order valence-corrected chi connectivity index (χ2v) is 14.9. The molecule has 0 fully saturated rings. The van der Waals surface area contributed by atoms with Gasteiger partial charge >= 0.3 is 0 Å². The van der Waals surface area contributed by atoms with E-state index in [0.717, 1.165) is 44.3 Å². The lowest BCUT2D eigenvalue weighted by molar-refractivity contribution is 0.669. The Morgan fingerprint density at radius 1 is 0.263 bits per heavy atom. The number of hydrogen-bond donors (Lipinski definition) is 0. The summed E-state index contributed by atoms with van der Waals surface area (Å²) < 4.78 is 11.3. The van der Waals surface area contributed by atoms with Crippen molar-refractivity contribution in [2.45, 2.75) is 0 Å². The van der Waals surface area contributed by atoms with Gasteiger partial charge in [-0.15, -0.1) is 0 Å². The molecular weight excluding hydrogens is 693 g/mol. The van der Waals surface area contributed by atoms with Gasteiger partial charge in [0.15, 0.2) is 0 Å². The summed E-state index contributed by atoms with van der Waals surface area (Å²) in [6.07, 6.45) is 0. The van der Waals surface area contributed by atoms with Crippen LogP contribution in [0.15, 0.2) is 211 Å². The number of nitrogens with zero attached hydrogens (tertiary/aromatic N) is 2. The van der Waals surface area contributed by atoms with E-state index in [4.69, 9.17) is 4.42 Å². The molecule has 12 aromatic rings. The number of rotatable bonds is 5. The maximum Gasteiger partial charge on any atom is 0.135 e. The van der Waals surface area contributed by atoms with Gasteiger partial charge in [0.05, 0.1) is 22.1 Å². The van der Waals surface area contributed by atoms with Crippen LogP contribution >= 0.6 is 0 Å². The van der Waals surface area contributed by atoms with Crippen LogP contribution in [0.5, 0.6) is 0 Å². The van der Waals surface area contributed by atoms with E-state index in [1.54, 1.807) is 0 Å². The highest BCUT2D eigenvalue weighted by atomic mass is 16.3. The van der Waals surface area contributed by atoms with Crippen LogP contribution in [0.4, 0.5) is 0 Å². The van der Waals surface area contributed by atoms with Crippen LogP contribution in [0.25, 0.3) is 110 Å². The number of hydrogen-bond acceptors (Lipinski definition) is 1. The van der Waals surface area contributed by atoms with Gasteiger partial charge in [0.2, 0.25) is 0 Å². The summed E-state index contributed by atoms with van der Waals surface area (Å²) >= 11 is 0. The molecule has 0 aliphatic heterocycles. The molecule has 3 heterocycles. The maximum absolute atomic E-state index is 6.53. The highest BCUT2D eigenvalue weighted by Crippen LogP contribution is 2.43. The quantitative estimate of drug-likeness (QED) is 0.173. The van der Waals surface area contributed by atoms with Crippen molar-refractivity contribution in [3.63, 3.8) is 0 Å². The predicted molar refractivity (Wildman–Crippen MR) is 239 cm³/mol. The third-order valence-corrected chi connectivity index (χ3v) is 11.7. The highest BCUT2D eigenvalue weighted by Gasteiger charge is 2.20. The van der Waals surface area contributed by atoms with E-state index in [0.29, 0.717) is 0 Å². The fourth-order valence-corrected chi connectivity index (χ4v) is 9.10. The summed E-state index contributed by atoms with van der Waals surface area (Å²) in [5, 5.41) is 7.11. The lowest BCUT2D eigenvalue weighted by Gasteiger charge is -2.14. The molecule has 0 unspecified atom stereocenters. The number of benzene rings is 9. The van der Waals surface area contributed by atoms with Crippen LogP contribution in [0, 0.1) is 0 Å². The van der Waals surface area contributed by atoms with Crippen molar-refractivity contribution in [2.75, 3.05) is 0 Å². The van der Waals surface area contributed by atoms with Crippen molar-refractivity contribution in [2.24, 2.45) is 0 Å². The first-order chi connectivity index (χ1) is 28.3. The van der Waals surface area contributed by atoms with E-state index in [9.17, 15) is 0 Å². The zero-order chi connectivity index (χ0) is 37.5. The Balaban J connectivity index is 1.13. The minimum Gasteiger partial charge on any atom is -0.456 e. The Kier molecular flexibility index (Phi) is 6.93. The average Bonchev–Trinajstić information content (AvgIpc) is 3.93. The molecule has 0 spiro atoms. The molecule has 12 rings (SSSR count). The Morgan fingerprint density at radius 3 is 1.30 bits per heavy atom. The second-order valence-electron chi connectivity index (χ2n) is 14.9. The SMILES string of the molecule is c1ccc(-c2ccc3c(c2)c2cc(-c4ccccc4)c(-c4ccccc4)cc2n3-c2ccc3oc4ccc(-n5c6ccccc6c6ccccc65)cc4c3c2)cc1. The van der Waals surface area contributed by atoms with Gasteiger partial charge in [-0.25, -0.2) is 0 Å². The van der Waals surface area contributed by atoms with Crippen molar-refractivity contribution in [3.05, 3.63) is 206 Å². The first-order valence-electron chi connectivity index (χ1n) is 19.5. The van der Waals surface area contributed by atoms with Crippen LogP contribution in [-0.4, -0.2) is 9.13 Å². The summed E-state index contributed by atoms with van der Waals surface area (Å²) in [5.41, 5.74) is 15.9. The van der Waals surface area contributed by atoms with Gasteiger partial charge in [-0.3, -0.25) is 0 Å². The molecule has 3 nitrogen and oxygen atoms in total. The normalized spacial score (nSPS) is 11.9. The van der Waals surface area contributed by atoms with E-state index in [1.807, 2.05) is 0 Å². The van der Waals surface area contributed by atoms with Crippen molar-refractivity contribution >= 4 is 65.6 Å². The van der Waals surface area contributed by atoms with Crippen molar-refractivity contribution in [1.29, 1.82) is 0 Å². The average molecular weight is 727 g/mol. The van der Waals surface area contributed by atoms with Crippen molar-refractivity contribution in [3.8, 4) is 44.8 Å². The van der Waals surface area contributed by atoms with Crippen LogP contribution in [0.1, 0.15) is 0 Å². The zero-order valence-corrected chi connectivity index (χ0v) is 30.9. The first-order valence-corrected chi connectivity index (χ1v) is 19.5. The third kappa shape index (κ3) is 4.92. The molecule has 0 radical (unpaired) electrons. The van der Waals surface area contributed by atoms with Gasteiger partial charge in [-0.05, 0) is 106 Å². The van der Waals surface area contributed by atoms with Gasteiger partial charge in [-0.2, -0.15) is 0 Å². The summed E-state index contributed by atoms with van der Waals surface area (Å²) in [4.78, 5) is 0. The van der Waals surface area contributed by atoms with E-state index < -0.39 is 0 Å². The van der Waals surface area contributed by atoms with Crippen LogP contribution < -0.4 is 0 Å². The lowest BCUT2D eigenvalue weighted by Crippen LogP contribution is -1.95. The van der Waals surface area contributed by atoms with Crippen molar-refractivity contribution in [1.82, 2.24) is 9.13 Å². The number of para-hydroxylation sites is 2. The van der Waals surface area contributed by atoms with E-state index >= 15 is 0 Å². The van der Waals surface area contributed by atoms with Gasteiger partial charge in [0.1, 0.15) is 11.2 Å². The molecule has 0 aliphatic rings. The Labute approximate surface area is 328 Å². The molecular formula is C54H34N2O. The van der Waals surface area contributed by atoms with Gasteiger partial charge in [-0.1, -0.05) is 133 Å². The van der Waals surface area contributed by atoms with Crippen LogP contribution in [0.2, 0.25) is 0 Å². The molecule has 57 heavy (non-hydrogen) atoms. The fraction of sp³-hybridized carbons (Fsp3) is 0. The van der Waals surface area contributed by atoms with Crippen molar-refractivity contribution < 1.29 is 4.42 Å². The monoisotopic (exact) mass is 726 g/mol.